The Morgan fingerprint density at radius 2 is 0.250 bits per heavy atom. The van der Waals surface area contributed by atoms with E-state index in [9.17, 15) is 0 Å². The van der Waals surface area contributed by atoms with E-state index in [1.807, 2.05) is 0 Å². The smallest absolute Gasteiger partial charge is 0 e. The summed E-state index contributed by atoms with van der Waals surface area (Å²) in [6, 6.07) is 0. The van der Waals surface area contributed by atoms with Crippen LogP contribution < -0.4 is 0 Å². The molecule has 25 valence electrons. The Balaban J connectivity index is 0. The van der Waals surface area contributed by atoms with Crippen LogP contribution in [-0.2, 0) is 0 Å². The number of hydrogen-bond donors (Lipinski definition) is 0. The van der Waals surface area contributed by atoms with Crippen LogP contribution in [0.3, 0.4) is 0 Å². The third-order valence-electron chi connectivity index (χ3n) is 0. The summed E-state index contributed by atoms with van der Waals surface area (Å²) in [4.78, 5) is 0. The molecule has 0 amide bonds. The maximum absolute atomic E-state index is 0. The first-order chi connectivity index (χ1) is 0. The molecule has 0 aromatic rings. The van der Waals surface area contributed by atoms with Gasteiger partial charge >= 0.3 is 0 Å². The van der Waals surface area contributed by atoms with E-state index in [0.29, 0.717) is 0 Å². The van der Waals surface area contributed by atoms with Crippen LogP contribution >= 0.6 is 0 Å². The molecule has 0 unspecified atom stereocenters. The zero-order valence-corrected chi connectivity index (χ0v) is 34.7. The molecule has 0 nitrogen and oxygen atoms in total. The molecule has 0 heterocycles. The molecule has 0 aliphatic carbocycles. The third kappa shape index (κ3) is 36.0. The van der Waals surface area contributed by atoms with Crippen molar-refractivity contribution in [1.29, 1.82) is 0 Å². The van der Waals surface area contributed by atoms with Gasteiger partial charge in [-0.3, -0.25) is 0 Å². The van der Waals surface area contributed by atoms with Gasteiger partial charge in [0.15, 0.2) is 0 Å². The fraction of sp³-hybridized carbons (Fsp3) is 0. The van der Waals surface area contributed by atoms with Gasteiger partial charge in [0.1, 0.15) is 0 Å². The van der Waals surface area contributed by atoms with Crippen molar-refractivity contribution in [3.63, 3.8) is 0 Å². The van der Waals surface area contributed by atoms with Crippen LogP contribution in [0.4, 0.5) is 0 Å². The van der Waals surface area contributed by atoms with Crippen LogP contribution in [0.5, 0.6) is 0 Å². The topological polar surface area (TPSA) is 0 Å². The predicted octanol–water partition coefficient (Wildman–Crippen LogP) is -3.05. The van der Waals surface area contributed by atoms with E-state index in [2.05, 4.69) is 0 Å². The second-order valence-corrected chi connectivity index (χ2v) is 0. The summed E-state index contributed by atoms with van der Waals surface area (Å²) in [5.41, 5.74) is 0. The SMILES string of the molecule is [Ba].[Ba].[Ba].[Ba].[Ba].[Sb].[Sb].[Sb]. The fourth-order valence-corrected chi connectivity index (χ4v) is 0. The molecular formula is Ba5Sb3. The molecule has 0 aromatic heterocycles. The molecule has 0 aliphatic rings. The molecule has 0 saturated carbocycles. The van der Waals surface area contributed by atoms with E-state index in [-0.39, 0.29) is 318 Å². The van der Waals surface area contributed by atoms with Crippen molar-refractivity contribution in [2.45, 2.75) is 0 Å². The zero-order valence-electron chi connectivity index (χ0n) is 4.88. The Hall–Kier alpha value is 10.3. The van der Waals surface area contributed by atoms with Gasteiger partial charge < -0.3 is 0 Å². The van der Waals surface area contributed by atoms with Gasteiger partial charge in [-0.2, -0.15) is 0 Å². The summed E-state index contributed by atoms with van der Waals surface area (Å²) in [6.07, 6.45) is 0. The summed E-state index contributed by atoms with van der Waals surface area (Å²) >= 11 is 0. The van der Waals surface area contributed by atoms with Gasteiger partial charge in [0.05, 0.1) is 0 Å². The average Bonchev–Trinajstić information content (AvgIpc) is 0. The van der Waals surface area contributed by atoms with Gasteiger partial charge in [-0.1, -0.05) is 0 Å². The largest absolute Gasteiger partial charge is 0 e. The van der Waals surface area contributed by atoms with Gasteiger partial charge in [-0.05, 0) is 0 Å². The molecule has 8 heteroatoms. The summed E-state index contributed by atoms with van der Waals surface area (Å²) in [5, 5.41) is 0. The summed E-state index contributed by atoms with van der Waals surface area (Å²) < 4.78 is 0. The molecule has 0 aromatic carbocycles. The van der Waals surface area contributed by atoms with Crippen molar-refractivity contribution in [2.75, 3.05) is 0 Å². The normalized spacial score (nSPS) is 0. The minimum atomic E-state index is 0. The number of rotatable bonds is 0. The predicted molar refractivity (Wildman–Crippen MR) is 46.0 cm³/mol. The summed E-state index contributed by atoms with van der Waals surface area (Å²) in [7, 11) is 0. The first kappa shape index (κ1) is 51.6. The minimum absolute atomic E-state index is 0. The van der Waals surface area contributed by atoms with E-state index in [1.165, 1.54) is 0 Å². The first-order valence-corrected chi connectivity index (χ1v) is 0. The van der Waals surface area contributed by atoms with E-state index in [1.54, 1.807) is 0 Å². The quantitative estimate of drug-likeness (QED) is 0.227. The van der Waals surface area contributed by atoms with Crippen molar-refractivity contribution in [2.24, 2.45) is 0 Å². The van der Waals surface area contributed by atoms with Crippen LogP contribution in [-0.4, -0.2) is 318 Å². The Bertz CT molecular complexity index is 7.64. The van der Waals surface area contributed by atoms with Crippen LogP contribution in [0.1, 0.15) is 0 Å². The second kappa shape index (κ2) is 43.3. The third-order valence-corrected chi connectivity index (χ3v) is 0. The van der Waals surface area contributed by atoms with Crippen LogP contribution in [0.15, 0.2) is 0 Å². The van der Waals surface area contributed by atoms with Crippen LogP contribution in [0.2, 0.25) is 0 Å². The maximum atomic E-state index is 0. The molecule has 0 spiro atoms. The van der Waals surface area contributed by atoms with Gasteiger partial charge in [0.2, 0.25) is 0 Å². The van der Waals surface area contributed by atoms with Crippen molar-refractivity contribution in [1.82, 2.24) is 0 Å². The standard InChI is InChI=1S/5Ba.3Sb. The van der Waals surface area contributed by atoms with E-state index in [4.69, 9.17) is 0 Å². The molecule has 8 heavy (non-hydrogen) atoms. The molecule has 0 atom stereocenters. The molecule has 0 N–H and O–H groups in total. The van der Waals surface area contributed by atoms with E-state index >= 15 is 0 Å². The Morgan fingerprint density at radius 3 is 0.250 bits per heavy atom. The molecule has 0 saturated heterocycles. The van der Waals surface area contributed by atoms with E-state index in [0.717, 1.165) is 0 Å². The maximum Gasteiger partial charge on any atom is 0 e. The molecule has 19 radical (unpaired) electrons. The summed E-state index contributed by atoms with van der Waals surface area (Å²) in [6.45, 7) is 0. The molecule has 0 fully saturated rings. The van der Waals surface area contributed by atoms with Crippen molar-refractivity contribution < 1.29 is 0 Å². The molecular weight excluding hydrogens is 1050 g/mol. The number of hydrogen-bond acceptors (Lipinski definition) is 0. The van der Waals surface area contributed by atoms with Crippen LogP contribution in [0.25, 0.3) is 0 Å². The van der Waals surface area contributed by atoms with Gasteiger partial charge in [-0.15, -0.1) is 0 Å². The molecule has 0 rings (SSSR count). The summed E-state index contributed by atoms with van der Waals surface area (Å²) in [5.74, 6) is 0. The monoisotopic (exact) mass is 1050 g/mol. The molecule has 0 aliphatic heterocycles. The van der Waals surface area contributed by atoms with Gasteiger partial charge in [-0.25, -0.2) is 0 Å². The fourth-order valence-electron chi connectivity index (χ4n) is 0. The van der Waals surface area contributed by atoms with E-state index < -0.39 is 0 Å². The van der Waals surface area contributed by atoms with Gasteiger partial charge in [0.25, 0.3) is 0 Å². The average molecular weight is 1050 g/mol. The Morgan fingerprint density at radius 1 is 0.250 bits per heavy atom. The Labute approximate surface area is 305 Å². The molecule has 0 bridgehead atoms. The van der Waals surface area contributed by atoms with Crippen molar-refractivity contribution in [3.05, 3.63) is 0 Å². The zero-order chi connectivity index (χ0) is 0. The first-order valence-electron chi connectivity index (χ1n) is 0. The van der Waals surface area contributed by atoms with Crippen molar-refractivity contribution >= 4 is 318 Å². The van der Waals surface area contributed by atoms with Gasteiger partial charge in [0, 0.05) is 318 Å². The van der Waals surface area contributed by atoms with Crippen molar-refractivity contribution in [3.8, 4) is 0 Å². The second-order valence-electron chi connectivity index (χ2n) is 0. The van der Waals surface area contributed by atoms with Crippen LogP contribution in [0, 0.1) is 0 Å². The Kier molecular flexibility index (Phi) is 279. The minimum Gasteiger partial charge on any atom is 0 e.